The van der Waals surface area contributed by atoms with Crippen molar-refractivity contribution in [2.45, 2.75) is 33.7 Å². The van der Waals surface area contributed by atoms with Gasteiger partial charge in [0, 0.05) is 37.2 Å². The van der Waals surface area contributed by atoms with Gasteiger partial charge in [-0.3, -0.25) is 9.78 Å². The Balaban J connectivity index is 1.70. The zero-order valence-electron chi connectivity index (χ0n) is 17.7. The fourth-order valence-electron chi connectivity index (χ4n) is 3.65. The first-order valence-corrected chi connectivity index (χ1v) is 10.3. The lowest BCUT2D eigenvalue weighted by atomic mass is 10.1. The highest BCUT2D eigenvalue weighted by atomic mass is 16.2. The lowest BCUT2D eigenvalue weighted by Gasteiger charge is -2.21. The summed E-state index contributed by atoms with van der Waals surface area (Å²) in [4.78, 5) is 24.1. The smallest absolute Gasteiger partial charge is 0.228 e. The quantitative estimate of drug-likeness (QED) is 0.477. The molecule has 4 rings (SSSR count). The van der Waals surface area contributed by atoms with Gasteiger partial charge in [-0.25, -0.2) is 4.98 Å². The van der Waals surface area contributed by atoms with Crippen molar-refractivity contribution in [3.8, 4) is 11.3 Å². The number of benzene rings is 1. The van der Waals surface area contributed by atoms with Gasteiger partial charge in [-0.05, 0) is 56.2 Å². The van der Waals surface area contributed by atoms with E-state index in [1.807, 2.05) is 34.6 Å². The van der Waals surface area contributed by atoms with E-state index in [1.54, 1.807) is 12.4 Å². The van der Waals surface area contributed by atoms with Crippen molar-refractivity contribution in [3.63, 3.8) is 0 Å². The number of amides is 1. The first-order valence-electron chi connectivity index (χ1n) is 10.3. The van der Waals surface area contributed by atoms with Crippen LogP contribution in [0.3, 0.4) is 0 Å². The molecule has 0 aliphatic heterocycles. The summed E-state index contributed by atoms with van der Waals surface area (Å²) in [5.74, 6) is 0.0880. The number of rotatable bonds is 6. The van der Waals surface area contributed by atoms with Crippen molar-refractivity contribution in [2.24, 2.45) is 0 Å². The molecule has 0 spiro atoms. The molecular formula is C25H26N4O. The van der Waals surface area contributed by atoms with Crippen LogP contribution in [-0.4, -0.2) is 31.7 Å². The first-order chi connectivity index (χ1) is 14.5. The third kappa shape index (κ3) is 4.10. The molecule has 0 aliphatic rings. The molecule has 0 saturated carbocycles. The van der Waals surface area contributed by atoms with Gasteiger partial charge in [0.25, 0.3) is 0 Å². The summed E-state index contributed by atoms with van der Waals surface area (Å²) in [6.07, 6.45) is 5.83. The van der Waals surface area contributed by atoms with Crippen LogP contribution < -0.4 is 0 Å². The van der Waals surface area contributed by atoms with Crippen molar-refractivity contribution in [2.75, 3.05) is 6.54 Å². The molecule has 0 bridgehead atoms. The van der Waals surface area contributed by atoms with E-state index < -0.39 is 0 Å². The zero-order valence-corrected chi connectivity index (χ0v) is 17.7. The van der Waals surface area contributed by atoms with E-state index in [4.69, 9.17) is 4.98 Å². The molecule has 3 heterocycles. The summed E-state index contributed by atoms with van der Waals surface area (Å²) in [5.41, 5.74) is 7.11. The van der Waals surface area contributed by atoms with Gasteiger partial charge in [0.1, 0.15) is 5.65 Å². The molecule has 0 N–H and O–H groups in total. The predicted molar refractivity (Wildman–Crippen MR) is 119 cm³/mol. The van der Waals surface area contributed by atoms with Gasteiger partial charge in [0.05, 0.1) is 17.8 Å². The van der Waals surface area contributed by atoms with Crippen LogP contribution in [0, 0.1) is 13.8 Å². The van der Waals surface area contributed by atoms with Gasteiger partial charge >= 0.3 is 0 Å². The maximum Gasteiger partial charge on any atom is 0.228 e. The van der Waals surface area contributed by atoms with Crippen LogP contribution >= 0.6 is 0 Å². The Labute approximate surface area is 177 Å². The van der Waals surface area contributed by atoms with Crippen LogP contribution in [0.4, 0.5) is 0 Å². The number of carbonyl (C=O) groups is 1. The van der Waals surface area contributed by atoms with Crippen LogP contribution in [0.5, 0.6) is 0 Å². The lowest BCUT2D eigenvalue weighted by molar-refractivity contribution is -0.130. The third-order valence-corrected chi connectivity index (χ3v) is 5.38. The summed E-state index contributed by atoms with van der Waals surface area (Å²) in [5, 5.41) is 0. The Morgan fingerprint density at radius 1 is 1.00 bits per heavy atom. The highest BCUT2D eigenvalue weighted by molar-refractivity contribution is 5.81. The summed E-state index contributed by atoms with van der Waals surface area (Å²) in [6, 6.07) is 16.3. The Bertz CT molecular complexity index is 1160. The van der Waals surface area contributed by atoms with Crippen LogP contribution in [0.2, 0.25) is 0 Å². The molecule has 1 aromatic carbocycles. The van der Waals surface area contributed by atoms with Crippen molar-refractivity contribution < 1.29 is 4.79 Å². The molecule has 1 amide bonds. The molecule has 5 heteroatoms. The molecular weight excluding hydrogens is 372 g/mol. The van der Waals surface area contributed by atoms with E-state index in [1.165, 1.54) is 5.56 Å². The first kappa shape index (κ1) is 19.8. The number of pyridine rings is 2. The van der Waals surface area contributed by atoms with Gasteiger partial charge < -0.3 is 9.30 Å². The minimum Gasteiger partial charge on any atom is -0.338 e. The molecule has 152 valence electrons. The number of hydrogen-bond acceptors (Lipinski definition) is 3. The van der Waals surface area contributed by atoms with Gasteiger partial charge in [-0.1, -0.05) is 29.8 Å². The van der Waals surface area contributed by atoms with E-state index >= 15 is 0 Å². The SMILES string of the molecule is CCN(Cc1ccncc1)C(=O)Cc1c(-c2ccc(C)cc2)nc2cc(C)ccn12. The van der Waals surface area contributed by atoms with Gasteiger partial charge in [0.15, 0.2) is 0 Å². The normalized spacial score (nSPS) is 11.0. The number of fused-ring (bicyclic) bond motifs is 1. The van der Waals surface area contributed by atoms with E-state index in [2.05, 4.69) is 55.2 Å². The molecule has 0 unspecified atom stereocenters. The van der Waals surface area contributed by atoms with Crippen molar-refractivity contribution in [3.05, 3.63) is 89.5 Å². The Morgan fingerprint density at radius 2 is 1.73 bits per heavy atom. The van der Waals surface area contributed by atoms with E-state index in [9.17, 15) is 4.79 Å². The minimum absolute atomic E-state index is 0.0880. The monoisotopic (exact) mass is 398 g/mol. The maximum absolute atomic E-state index is 13.3. The van der Waals surface area contributed by atoms with Gasteiger partial charge in [-0.2, -0.15) is 0 Å². The molecule has 5 nitrogen and oxygen atoms in total. The highest BCUT2D eigenvalue weighted by Gasteiger charge is 2.20. The Hall–Kier alpha value is -3.47. The van der Waals surface area contributed by atoms with Crippen molar-refractivity contribution in [1.82, 2.24) is 19.3 Å². The maximum atomic E-state index is 13.3. The number of aromatic nitrogens is 3. The average Bonchev–Trinajstić information content (AvgIpc) is 3.10. The van der Waals surface area contributed by atoms with Gasteiger partial charge in [-0.15, -0.1) is 0 Å². The molecule has 0 saturated heterocycles. The topological polar surface area (TPSA) is 50.5 Å². The number of aryl methyl sites for hydroxylation is 2. The molecule has 3 aromatic heterocycles. The summed E-state index contributed by atoms with van der Waals surface area (Å²) in [6.45, 7) is 7.36. The molecule has 0 atom stereocenters. The number of hydrogen-bond donors (Lipinski definition) is 0. The fraction of sp³-hybridized carbons (Fsp3) is 0.240. The standard InChI is InChI=1S/C25H26N4O/c1-4-28(17-20-9-12-26-13-10-20)24(30)16-22-25(21-7-5-18(2)6-8-21)27-23-15-19(3)11-14-29(22)23/h5-15H,4,16-17H2,1-3H3. The second-order valence-electron chi connectivity index (χ2n) is 7.65. The lowest BCUT2D eigenvalue weighted by Crippen LogP contribution is -2.32. The second kappa shape index (κ2) is 8.49. The summed E-state index contributed by atoms with van der Waals surface area (Å²) in [7, 11) is 0. The van der Waals surface area contributed by atoms with Crippen LogP contribution in [0.1, 0.15) is 29.3 Å². The fourth-order valence-corrected chi connectivity index (χ4v) is 3.65. The van der Waals surface area contributed by atoms with Crippen molar-refractivity contribution >= 4 is 11.6 Å². The third-order valence-electron chi connectivity index (χ3n) is 5.38. The highest BCUT2D eigenvalue weighted by Crippen LogP contribution is 2.26. The Kier molecular flexibility index (Phi) is 5.61. The number of likely N-dealkylation sites (N-methyl/N-ethyl adjacent to an activating group) is 1. The molecule has 30 heavy (non-hydrogen) atoms. The molecule has 0 fully saturated rings. The molecule has 0 aliphatic carbocycles. The van der Waals surface area contributed by atoms with Gasteiger partial charge in [0.2, 0.25) is 5.91 Å². The van der Waals surface area contributed by atoms with E-state index in [-0.39, 0.29) is 5.91 Å². The van der Waals surface area contributed by atoms with Crippen LogP contribution in [0.25, 0.3) is 16.9 Å². The summed E-state index contributed by atoms with van der Waals surface area (Å²) < 4.78 is 2.04. The van der Waals surface area contributed by atoms with Crippen LogP contribution in [-0.2, 0) is 17.8 Å². The largest absolute Gasteiger partial charge is 0.338 e. The average molecular weight is 399 g/mol. The second-order valence-corrected chi connectivity index (χ2v) is 7.65. The Morgan fingerprint density at radius 3 is 2.43 bits per heavy atom. The van der Waals surface area contributed by atoms with E-state index in [0.717, 1.165) is 33.7 Å². The van der Waals surface area contributed by atoms with Crippen LogP contribution in [0.15, 0.2) is 67.1 Å². The predicted octanol–water partition coefficient (Wildman–Crippen LogP) is 4.60. The molecule has 4 aromatic rings. The molecule has 0 radical (unpaired) electrons. The number of imidazole rings is 1. The van der Waals surface area contributed by atoms with Crippen molar-refractivity contribution in [1.29, 1.82) is 0 Å². The zero-order chi connectivity index (χ0) is 21.1. The minimum atomic E-state index is 0.0880. The van der Waals surface area contributed by atoms with E-state index in [0.29, 0.717) is 19.5 Å². The summed E-state index contributed by atoms with van der Waals surface area (Å²) >= 11 is 0. The number of nitrogens with zero attached hydrogens (tertiary/aromatic N) is 4. The number of carbonyl (C=O) groups excluding carboxylic acids is 1.